The van der Waals surface area contributed by atoms with Crippen LogP contribution in [0.4, 0.5) is 0 Å². The Morgan fingerprint density at radius 3 is 2.22 bits per heavy atom. The molecule has 3 rings (SSSR count). The van der Waals surface area contributed by atoms with Crippen LogP contribution in [-0.4, -0.2) is 63.3 Å². The summed E-state index contributed by atoms with van der Waals surface area (Å²) in [6, 6.07) is 12.6. The average Bonchev–Trinajstić information content (AvgIpc) is 3.21. The summed E-state index contributed by atoms with van der Waals surface area (Å²) in [6.45, 7) is 7.82. The van der Waals surface area contributed by atoms with Crippen LogP contribution in [-0.2, 0) is 40.9 Å². The molecule has 2 aromatic carbocycles. The van der Waals surface area contributed by atoms with E-state index in [0.29, 0.717) is 40.8 Å². The lowest BCUT2D eigenvalue weighted by Crippen LogP contribution is -2.18. The van der Waals surface area contributed by atoms with Gasteiger partial charge in [0, 0.05) is 30.7 Å². The van der Waals surface area contributed by atoms with Gasteiger partial charge in [0.15, 0.2) is 15.6 Å². The van der Waals surface area contributed by atoms with E-state index in [-0.39, 0.29) is 42.7 Å². The second-order valence-corrected chi connectivity index (χ2v) is 13.4. The Kier molecular flexibility index (Phi) is 11.3. The quantitative estimate of drug-likeness (QED) is 0.153. The number of sulfone groups is 1. The zero-order chi connectivity index (χ0) is 30.2. The van der Waals surface area contributed by atoms with E-state index < -0.39 is 17.4 Å². The van der Waals surface area contributed by atoms with Crippen molar-refractivity contribution in [2.24, 2.45) is 0 Å². The molecule has 0 aliphatic rings. The highest BCUT2D eigenvalue weighted by atomic mass is 32.2. The molecule has 0 amide bonds. The highest BCUT2D eigenvalue weighted by Crippen LogP contribution is 2.49. The van der Waals surface area contributed by atoms with E-state index >= 15 is 0 Å². The maximum atomic E-state index is 13.5. The predicted molar refractivity (Wildman–Crippen MR) is 154 cm³/mol. The SMILES string of the molecule is CCOP(=O)(Cn1nc(C)cc1CC(=O)c1cc(Oc2ccc(S(C)(=O)=O)cc2)cc(O[C@@H](C)COC)c1)OCC. The fourth-order valence-corrected chi connectivity index (χ4v) is 6.29. The first kappa shape index (κ1) is 32.5. The number of carbonyl (C=O) groups excluding carboxylic acids is 1. The van der Waals surface area contributed by atoms with E-state index in [1.165, 1.54) is 28.9 Å². The van der Waals surface area contributed by atoms with Crippen LogP contribution in [0.3, 0.4) is 0 Å². The summed E-state index contributed by atoms with van der Waals surface area (Å²) in [4.78, 5) is 13.7. The number of methoxy groups -OCH3 is 1. The first-order chi connectivity index (χ1) is 19.4. The van der Waals surface area contributed by atoms with E-state index in [0.717, 1.165) is 6.26 Å². The highest BCUT2D eigenvalue weighted by Gasteiger charge is 2.27. The third kappa shape index (κ3) is 9.51. The summed E-state index contributed by atoms with van der Waals surface area (Å²) < 4.78 is 66.1. The van der Waals surface area contributed by atoms with E-state index in [2.05, 4.69) is 5.10 Å². The van der Waals surface area contributed by atoms with Gasteiger partial charge in [-0.3, -0.25) is 14.0 Å². The molecule has 3 aromatic rings. The van der Waals surface area contributed by atoms with Gasteiger partial charge in [-0.05, 0) is 70.2 Å². The molecule has 1 heterocycles. The number of aryl methyl sites for hydroxylation is 1. The molecule has 0 spiro atoms. The first-order valence-electron chi connectivity index (χ1n) is 13.1. The Labute approximate surface area is 241 Å². The zero-order valence-corrected chi connectivity index (χ0v) is 25.9. The number of rotatable bonds is 16. The fraction of sp³-hybridized carbons (Fsp3) is 0.429. The molecule has 0 fully saturated rings. The van der Waals surface area contributed by atoms with Crippen LogP contribution in [0.25, 0.3) is 0 Å². The maximum absolute atomic E-state index is 13.5. The molecule has 0 bridgehead atoms. The summed E-state index contributed by atoms with van der Waals surface area (Å²) in [7, 11) is -5.26. The molecule has 1 aromatic heterocycles. The van der Waals surface area contributed by atoms with Gasteiger partial charge < -0.3 is 23.3 Å². The summed E-state index contributed by atoms with van der Waals surface area (Å²) in [5.74, 6) is 0.847. The molecule has 0 aliphatic carbocycles. The number of Topliss-reactive ketones (excluding diaryl/α,β-unsaturated/α-hetero) is 1. The third-order valence-corrected chi connectivity index (χ3v) is 8.76. The number of nitrogens with zero attached hydrogens (tertiary/aromatic N) is 2. The van der Waals surface area contributed by atoms with Gasteiger partial charge in [0.1, 0.15) is 29.6 Å². The smallest absolute Gasteiger partial charge is 0.351 e. The number of aromatic nitrogens is 2. The van der Waals surface area contributed by atoms with Crippen molar-refractivity contribution in [3.63, 3.8) is 0 Å². The van der Waals surface area contributed by atoms with Crippen LogP contribution in [0, 0.1) is 6.92 Å². The molecule has 0 aliphatic heterocycles. The fourth-order valence-electron chi connectivity index (χ4n) is 4.06. The molecule has 0 N–H and O–H groups in total. The van der Waals surface area contributed by atoms with Crippen LogP contribution in [0.1, 0.15) is 42.5 Å². The molecule has 11 nitrogen and oxygen atoms in total. The van der Waals surface area contributed by atoms with Crippen molar-refractivity contribution in [1.82, 2.24) is 9.78 Å². The number of benzene rings is 2. The van der Waals surface area contributed by atoms with Crippen molar-refractivity contribution in [2.45, 2.75) is 51.4 Å². The van der Waals surface area contributed by atoms with Gasteiger partial charge in [-0.15, -0.1) is 0 Å². The molecular formula is C28H37N2O9PS. The van der Waals surface area contributed by atoms with Crippen LogP contribution in [0.15, 0.2) is 53.4 Å². The summed E-state index contributed by atoms with van der Waals surface area (Å²) in [5, 5.41) is 4.41. The minimum Gasteiger partial charge on any atom is -0.488 e. The molecule has 13 heteroatoms. The van der Waals surface area contributed by atoms with Gasteiger partial charge in [-0.2, -0.15) is 5.10 Å². The number of ketones is 1. The number of hydrogen-bond acceptors (Lipinski definition) is 10. The van der Waals surface area contributed by atoms with Gasteiger partial charge in [-0.25, -0.2) is 8.42 Å². The van der Waals surface area contributed by atoms with E-state index in [4.69, 9.17) is 23.3 Å². The summed E-state index contributed by atoms with van der Waals surface area (Å²) in [6.07, 6.45) is 0.657. The summed E-state index contributed by atoms with van der Waals surface area (Å²) in [5.41, 5.74) is 1.52. The van der Waals surface area contributed by atoms with Gasteiger partial charge >= 0.3 is 7.60 Å². The standard InChI is InChI=1S/C28H37N2O9PS/c1-7-36-40(32,37-8-2)19-30-23(13-20(3)29-30)16-28(31)22-14-25(38-21(4)18-35-5)17-26(15-22)39-24-9-11-27(12-10-24)41(6,33)34/h9-15,17,21H,7-8,16,18-19H2,1-6H3/t21-/m0/s1. The Balaban J connectivity index is 1.91. The zero-order valence-electron chi connectivity index (χ0n) is 24.2. The average molecular weight is 609 g/mol. The third-order valence-electron chi connectivity index (χ3n) is 5.71. The Morgan fingerprint density at radius 1 is 1.00 bits per heavy atom. The highest BCUT2D eigenvalue weighted by molar-refractivity contribution is 7.90. The normalized spacial score (nSPS) is 12.7. The minimum atomic E-state index is -3.46. The van der Waals surface area contributed by atoms with E-state index in [9.17, 15) is 17.8 Å². The largest absolute Gasteiger partial charge is 0.488 e. The van der Waals surface area contributed by atoms with Crippen LogP contribution in [0.5, 0.6) is 17.2 Å². The molecule has 1 atom stereocenters. The van der Waals surface area contributed by atoms with Crippen molar-refractivity contribution >= 4 is 23.2 Å². The monoisotopic (exact) mass is 608 g/mol. The topological polar surface area (TPSA) is 132 Å². The lowest BCUT2D eigenvalue weighted by Gasteiger charge is -2.18. The Bertz CT molecular complexity index is 1480. The van der Waals surface area contributed by atoms with Crippen molar-refractivity contribution in [2.75, 3.05) is 33.2 Å². The second kappa shape index (κ2) is 14.2. The Morgan fingerprint density at radius 2 is 1.63 bits per heavy atom. The van der Waals surface area contributed by atoms with Crippen LogP contribution >= 0.6 is 7.60 Å². The predicted octanol–water partition coefficient (Wildman–Crippen LogP) is 5.45. The number of carbonyl (C=O) groups is 1. The lowest BCUT2D eigenvalue weighted by atomic mass is 10.1. The Hall–Kier alpha value is -3.02. The van der Waals surface area contributed by atoms with Crippen molar-refractivity contribution < 1.29 is 41.0 Å². The van der Waals surface area contributed by atoms with Crippen molar-refractivity contribution in [1.29, 1.82) is 0 Å². The van der Waals surface area contributed by atoms with Gasteiger partial charge in [-0.1, -0.05) is 0 Å². The van der Waals surface area contributed by atoms with Crippen LogP contribution in [0.2, 0.25) is 0 Å². The van der Waals surface area contributed by atoms with E-state index in [1.807, 2.05) is 6.92 Å². The van der Waals surface area contributed by atoms with Gasteiger partial charge in [0.05, 0.1) is 36.8 Å². The molecule has 41 heavy (non-hydrogen) atoms. The molecule has 0 saturated heterocycles. The van der Waals surface area contributed by atoms with E-state index in [1.54, 1.807) is 52.1 Å². The first-order valence-corrected chi connectivity index (χ1v) is 16.7. The van der Waals surface area contributed by atoms with Crippen molar-refractivity contribution in [3.8, 4) is 17.2 Å². The van der Waals surface area contributed by atoms with Gasteiger partial charge in [0.2, 0.25) is 0 Å². The molecule has 0 saturated carbocycles. The van der Waals surface area contributed by atoms with Crippen molar-refractivity contribution in [3.05, 3.63) is 65.5 Å². The van der Waals surface area contributed by atoms with Crippen LogP contribution < -0.4 is 9.47 Å². The maximum Gasteiger partial charge on any atom is 0.351 e. The summed E-state index contributed by atoms with van der Waals surface area (Å²) >= 11 is 0. The number of ether oxygens (including phenoxy) is 3. The second-order valence-electron chi connectivity index (χ2n) is 9.39. The molecule has 0 radical (unpaired) electrons. The molecule has 224 valence electrons. The minimum absolute atomic E-state index is 0.0430. The lowest BCUT2D eigenvalue weighted by molar-refractivity contribution is 0.0914. The molecule has 0 unspecified atom stereocenters. The van der Waals surface area contributed by atoms with Gasteiger partial charge in [0.25, 0.3) is 0 Å². The number of hydrogen-bond donors (Lipinski definition) is 0. The molecular weight excluding hydrogens is 571 g/mol.